The van der Waals surface area contributed by atoms with Gasteiger partial charge in [0.1, 0.15) is 32.1 Å². The number of carbonyl (C=O) groups is 1. The van der Waals surface area contributed by atoms with Crippen molar-refractivity contribution >= 4 is 24.3 Å². The van der Waals surface area contributed by atoms with E-state index < -0.39 is 0 Å². The van der Waals surface area contributed by atoms with Gasteiger partial charge < -0.3 is 24.7 Å². The maximum Gasteiger partial charge on any atom is 0.373 e. The van der Waals surface area contributed by atoms with Gasteiger partial charge in [-0.1, -0.05) is 0 Å². The highest BCUT2D eigenvalue weighted by Crippen LogP contribution is 2.46. The van der Waals surface area contributed by atoms with Gasteiger partial charge in [-0.15, -0.1) is 12.4 Å². The molecule has 48 heavy (non-hydrogen) atoms. The molecule has 2 aromatic rings. The average Bonchev–Trinajstić information content (AvgIpc) is 3.10. The van der Waals surface area contributed by atoms with E-state index in [1.165, 1.54) is 51.9 Å². The summed E-state index contributed by atoms with van der Waals surface area (Å²) in [5.74, 6) is 4.81. The van der Waals surface area contributed by atoms with E-state index in [4.69, 9.17) is 34.3 Å². The number of carbonyl (C=O) groups excluding carboxylic acids is 3. The zero-order valence-electron chi connectivity index (χ0n) is 28.5. The van der Waals surface area contributed by atoms with Crippen molar-refractivity contribution < 1.29 is 33.3 Å². The quantitative estimate of drug-likeness (QED) is 0.465. The molecule has 2 atom stereocenters. The average molecular weight is 688 g/mol. The molecule has 2 N–H and O–H groups in total. The topological polar surface area (TPSA) is 146 Å². The second-order valence-corrected chi connectivity index (χ2v) is 14.0. The minimum atomic E-state index is 0. The maximum absolute atomic E-state index is 12.8. The predicted octanol–water partition coefficient (Wildman–Crippen LogP) is 4.06. The lowest BCUT2D eigenvalue weighted by Gasteiger charge is -2.56. The Hall–Kier alpha value is -3.28. The number of ether oxygens (including phenoxy) is 4. The number of fused-ring (bicyclic) bond motifs is 8. The third-order valence-electron chi connectivity index (χ3n) is 11.0. The number of halogens is 1. The van der Waals surface area contributed by atoms with Crippen LogP contribution >= 0.6 is 12.4 Å². The van der Waals surface area contributed by atoms with Crippen LogP contribution in [-0.2, 0) is 9.59 Å². The Balaban J connectivity index is 0.000000173. The first-order chi connectivity index (χ1) is 22.6. The van der Waals surface area contributed by atoms with Crippen molar-refractivity contribution in [2.75, 3.05) is 52.6 Å². The van der Waals surface area contributed by atoms with Crippen LogP contribution in [0.15, 0.2) is 30.7 Å². The number of aromatic nitrogens is 2. The molecule has 6 fully saturated rings. The van der Waals surface area contributed by atoms with E-state index in [2.05, 4.69) is 47.5 Å². The monoisotopic (exact) mass is 687 g/mol. The van der Waals surface area contributed by atoms with Crippen molar-refractivity contribution in [3.05, 3.63) is 36.4 Å². The Morgan fingerprint density at radius 3 is 1.81 bits per heavy atom. The lowest BCUT2D eigenvalue weighted by atomic mass is 9.65. The van der Waals surface area contributed by atoms with Crippen LogP contribution in [0.2, 0.25) is 0 Å². The molecule has 0 aliphatic carbocycles. The molecule has 10 rings (SSSR count). The number of ketones is 1. The summed E-state index contributed by atoms with van der Waals surface area (Å²) in [5.41, 5.74) is 7.02. The number of Topliss-reactive ketones (excluding diaryl/α,β-unsaturated/α-hetero) is 1. The molecule has 6 saturated heterocycles. The first-order valence-corrected chi connectivity index (χ1v) is 16.8. The van der Waals surface area contributed by atoms with Crippen LogP contribution in [-0.4, -0.2) is 101 Å². The normalized spacial score (nSPS) is 29.0. The summed E-state index contributed by atoms with van der Waals surface area (Å²) in [6.45, 7) is 16.3. The Morgan fingerprint density at radius 1 is 0.812 bits per heavy atom. The van der Waals surface area contributed by atoms with E-state index in [0.717, 1.165) is 17.4 Å². The zero-order chi connectivity index (χ0) is 33.6. The lowest BCUT2D eigenvalue weighted by molar-refractivity contribution is -0.191. The number of rotatable bonds is 3. The highest BCUT2D eigenvalue weighted by Gasteiger charge is 2.48. The summed E-state index contributed by atoms with van der Waals surface area (Å²) in [4.78, 5) is 42.3. The molecule has 0 spiro atoms. The molecule has 10 heterocycles. The molecule has 0 aromatic carbocycles. The van der Waals surface area contributed by atoms with E-state index in [-0.39, 0.29) is 35.4 Å². The smallest absolute Gasteiger partial charge is 0.373 e. The molecule has 0 amide bonds. The van der Waals surface area contributed by atoms with Crippen LogP contribution in [0, 0.1) is 17.8 Å². The Morgan fingerprint density at radius 2 is 1.31 bits per heavy atom. The van der Waals surface area contributed by atoms with Gasteiger partial charge in [-0.25, -0.2) is 4.98 Å². The minimum Gasteiger partial charge on any atom is -0.486 e. The van der Waals surface area contributed by atoms with Gasteiger partial charge in [0.15, 0.2) is 28.8 Å². The van der Waals surface area contributed by atoms with Gasteiger partial charge in [0.2, 0.25) is 0 Å². The molecule has 264 valence electrons. The summed E-state index contributed by atoms with van der Waals surface area (Å²) >= 11 is 0. The molecule has 0 unspecified atom stereocenters. The van der Waals surface area contributed by atoms with Gasteiger partial charge >= 0.3 is 6.15 Å². The summed E-state index contributed by atoms with van der Waals surface area (Å²) in [5, 5.41) is 0. The number of hydrogen-bond acceptors (Lipinski definition) is 12. The molecule has 0 radical (unpaired) electrons. The molecule has 13 heteroatoms. The number of pyridine rings is 2. The predicted molar refractivity (Wildman–Crippen MR) is 180 cm³/mol. The van der Waals surface area contributed by atoms with Crippen LogP contribution in [0.5, 0.6) is 23.0 Å². The molecule has 4 bridgehead atoms. The second kappa shape index (κ2) is 16.4. The number of hydrogen-bond donors (Lipinski definition) is 1. The Bertz CT molecular complexity index is 1370. The second-order valence-electron chi connectivity index (χ2n) is 14.0. The van der Waals surface area contributed by atoms with Crippen LogP contribution in [0.25, 0.3) is 0 Å². The van der Waals surface area contributed by atoms with Crippen molar-refractivity contribution in [1.29, 1.82) is 0 Å². The fourth-order valence-electron chi connectivity index (χ4n) is 8.03. The molecular formula is C35H50ClN5O7. The highest BCUT2D eigenvalue weighted by molar-refractivity contribution is 5.95. The first kappa shape index (κ1) is 37.5. The van der Waals surface area contributed by atoms with Gasteiger partial charge in [-0.3, -0.25) is 19.6 Å². The Labute approximate surface area is 289 Å². The van der Waals surface area contributed by atoms with Crippen molar-refractivity contribution in [3.63, 3.8) is 0 Å². The van der Waals surface area contributed by atoms with E-state index in [9.17, 15) is 4.79 Å². The summed E-state index contributed by atoms with van der Waals surface area (Å²) < 4.78 is 21.5. The maximum atomic E-state index is 12.8. The van der Waals surface area contributed by atoms with Gasteiger partial charge in [0.05, 0.1) is 12.4 Å². The number of piperidine rings is 6. The van der Waals surface area contributed by atoms with Crippen LogP contribution < -0.4 is 24.7 Å². The van der Waals surface area contributed by atoms with Crippen molar-refractivity contribution in [3.8, 4) is 23.0 Å². The molecule has 8 aliphatic heterocycles. The van der Waals surface area contributed by atoms with E-state index in [0.29, 0.717) is 67.9 Å². The SMILES string of the molecule is CC1(C)[C@H](CC(=O)c2cc3c(cn2)OCCO3)C2CCN1CC2.CC1(C)[C@H](N)C2CCN1CC2.Cl.O=C=O.c1cc2c(cn1)OCCO2. The van der Waals surface area contributed by atoms with Crippen molar-refractivity contribution in [2.24, 2.45) is 23.5 Å². The van der Waals surface area contributed by atoms with Gasteiger partial charge in [-0.2, -0.15) is 9.59 Å². The van der Waals surface area contributed by atoms with E-state index in [1.807, 2.05) is 0 Å². The van der Waals surface area contributed by atoms with Crippen molar-refractivity contribution in [2.45, 2.75) is 76.9 Å². The minimum absolute atomic E-state index is 0. The van der Waals surface area contributed by atoms with Crippen LogP contribution in [0.1, 0.15) is 70.3 Å². The number of nitrogens with zero attached hydrogens (tertiary/aromatic N) is 4. The van der Waals surface area contributed by atoms with Crippen LogP contribution in [0.4, 0.5) is 0 Å². The summed E-state index contributed by atoms with van der Waals surface area (Å²) in [7, 11) is 0. The molecule has 0 saturated carbocycles. The summed E-state index contributed by atoms with van der Waals surface area (Å²) in [6, 6.07) is 3.95. The third-order valence-corrected chi connectivity index (χ3v) is 11.0. The zero-order valence-corrected chi connectivity index (χ0v) is 29.3. The number of nitrogens with two attached hydrogens (primary N) is 1. The standard InChI is InChI=1S/C18H24N2O3.C9H18N2.C7H7NO2.CO2.ClH/c1-18(2)13(12-3-5-20(18)6-4-12)9-15(21)14-10-16-17(11-19-14)23-8-7-22-16;1-9(2)8(10)7-3-5-11(9)6-4-7;1-2-8-5-7-6(1)9-3-4-10-7;2-1-3;/h10-13H,3-9H2,1-2H3;7-8H,3-6,10H2,1-2H3;1-2,5H,3-4H2;;1H/t13-;8-;;;/m11.../s1. The Kier molecular flexibility index (Phi) is 12.8. The molecular weight excluding hydrogens is 638 g/mol. The van der Waals surface area contributed by atoms with Crippen LogP contribution in [0.3, 0.4) is 0 Å². The van der Waals surface area contributed by atoms with Gasteiger partial charge in [0.25, 0.3) is 0 Å². The fraction of sp³-hybridized carbons (Fsp3) is 0.657. The largest absolute Gasteiger partial charge is 0.486 e. The molecule has 12 nitrogen and oxygen atoms in total. The molecule has 8 aliphatic rings. The van der Waals surface area contributed by atoms with Gasteiger partial charge in [0, 0.05) is 41.9 Å². The van der Waals surface area contributed by atoms with E-state index >= 15 is 0 Å². The van der Waals surface area contributed by atoms with E-state index in [1.54, 1.807) is 30.7 Å². The first-order valence-electron chi connectivity index (χ1n) is 16.8. The summed E-state index contributed by atoms with van der Waals surface area (Å²) in [6.07, 6.45) is 10.9. The lowest BCUT2D eigenvalue weighted by Crippen LogP contribution is -2.67. The third kappa shape index (κ3) is 8.29. The van der Waals surface area contributed by atoms with Crippen molar-refractivity contribution in [1.82, 2.24) is 19.8 Å². The van der Waals surface area contributed by atoms with Gasteiger partial charge in [-0.05, 0) is 97.3 Å². The fourth-order valence-corrected chi connectivity index (χ4v) is 8.03. The molecule has 2 aromatic heterocycles. The highest BCUT2D eigenvalue weighted by atomic mass is 35.5.